The molecule has 1 aliphatic rings. The lowest BCUT2D eigenvalue weighted by Crippen LogP contribution is -2.51. The summed E-state index contributed by atoms with van der Waals surface area (Å²) in [6.45, 7) is 4.08. The fourth-order valence-corrected chi connectivity index (χ4v) is 2.42. The second kappa shape index (κ2) is 4.80. The highest BCUT2D eigenvalue weighted by Crippen LogP contribution is 2.24. The first-order chi connectivity index (χ1) is 8.49. The molecule has 1 aromatic carbocycles. The Labute approximate surface area is 107 Å². The van der Waals surface area contributed by atoms with Crippen LogP contribution in [0.5, 0.6) is 0 Å². The molecule has 2 amide bonds. The minimum absolute atomic E-state index is 0.176. The van der Waals surface area contributed by atoms with Gasteiger partial charge in [0.05, 0.1) is 0 Å². The SMILES string of the molecule is Cc1ccc(N(C)C2CCC(=O)NC2=O)c(C)c1. The summed E-state index contributed by atoms with van der Waals surface area (Å²) < 4.78 is 0. The highest BCUT2D eigenvalue weighted by atomic mass is 16.2. The van der Waals surface area contributed by atoms with E-state index in [0.717, 1.165) is 11.3 Å². The summed E-state index contributed by atoms with van der Waals surface area (Å²) in [5, 5.41) is 2.39. The molecule has 96 valence electrons. The first-order valence-electron chi connectivity index (χ1n) is 6.13. The van der Waals surface area contributed by atoms with Gasteiger partial charge in [0.25, 0.3) is 0 Å². The summed E-state index contributed by atoms with van der Waals surface area (Å²) in [5.41, 5.74) is 3.38. The summed E-state index contributed by atoms with van der Waals surface area (Å²) in [5.74, 6) is -0.376. The molecule has 0 radical (unpaired) electrons. The minimum Gasteiger partial charge on any atom is -0.362 e. The number of imide groups is 1. The van der Waals surface area contributed by atoms with Crippen LogP contribution in [0.3, 0.4) is 0 Å². The smallest absolute Gasteiger partial charge is 0.249 e. The van der Waals surface area contributed by atoms with E-state index in [2.05, 4.69) is 11.4 Å². The number of carbonyl (C=O) groups excluding carboxylic acids is 2. The van der Waals surface area contributed by atoms with Gasteiger partial charge in [0.15, 0.2) is 0 Å². The standard InChI is InChI=1S/C14H18N2O2/c1-9-4-5-11(10(2)8-9)16(3)12-6-7-13(17)15-14(12)18/h4-5,8,12H,6-7H2,1-3H3,(H,15,17,18). The summed E-state index contributed by atoms with van der Waals surface area (Å²) in [6, 6.07) is 5.89. The van der Waals surface area contributed by atoms with Gasteiger partial charge >= 0.3 is 0 Å². The highest BCUT2D eigenvalue weighted by Gasteiger charge is 2.30. The van der Waals surface area contributed by atoms with Gasteiger partial charge in [-0.3, -0.25) is 14.9 Å². The predicted octanol–water partition coefficient (Wildman–Crippen LogP) is 1.54. The van der Waals surface area contributed by atoms with Gasteiger partial charge in [-0.05, 0) is 31.9 Å². The molecule has 2 rings (SSSR count). The molecule has 1 heterocycles. The number of rotatable bonds is 2. The van der Waals surface area contributed by atoms with Crippen LogP contribution in [0.4, 0.5) is 5.69 Å². The van der Waals surface area contributed by atoms with Crippen LogP contribution < -0.4 is 10.2 Å². The number of amides is 2. The predicted molar refractivity (Wildman–Crippen MR) is 70.5 cm³/mol. The molecule has 1 unspecified atom stereocenters. The van der Waals surface area contributed by atoms with Gasteiger partial charge in [-0.1, -0.05) is 17.7 Å². The maximum atomic E-state index is 11.8. The van der Waals surface area contributed by atoms with Crippen LogP contribution in [-0.2, 0) is 9.59 Å². The van der Waals surface area contributed by atoms with Crippen LogP contribution >= 0.6 is 0 Å². The van der Waals surface area contributed by atoms with E-state index in [9.17, 15) is 9.59 Å². The van der Waals surface area contributed by atoms with Gasteiger partial charge in [0, 0.05) is 19.2 Å². The van der Waals surface area contributed by atoms with Crippen molar-refractivity contribution in [3.05, 3.63) is 29.3 Å². The third kappa shape index (κ3) is 2.37. The maximum absolute atomic E-state index is 11.8. The molecule has 1 atom stereocenters. The fourth-order valence-electron chi connectivity index (χ4n) is 2.42. The van der Waals surface area contributed by atoms with E-state index < -0.39 is 0 Å². The molecular formula is C14H18N2O2. The van der Waals surface area contributed by atoms with Crippen molar-refractivity contribution < 1.29 is 9.59 Å². The molecule has 1 aliphatic heterocycles. The van der Waals surface area contributed by atoms with E-state index >= 15 is 0 Å². The van der Waals surface area contributed by atoms with Crippen LogP contribution in [0.25, 0.3) is 0 Å². The van der Waals surface area contributed by atoms with Crippen molar-refractivity contribution in [3.63, 3.8) is 0 Å². The molecule has 4 heteroatoms. The number of likely N-dealkylation sites (N-methyl/N-ethyl adjacent to an activating group) is 1. The molecule has 0 bridgehead atoms. The zero-order chi connectivity index (χ0) is 13.3. The van der Waals surface area contributed by atoms with Gasteiger partial charge in [-0.2, -0.15) is 0 Å². The summed E-state index contributed by atoms with van der Waals surface area (Å²) >= 11 is 0. The number of benzene rings is 1. The Bertz CT molecular complexity index is 497. The number of piperidine rings is 1. The van der Waals surface area contributed by atoms with Crippen molar-refractivity contribution >= 4 is 17.5 Å². The number of nitrogens with one attached hydrogen (secondary N) is 1. The largest absolute Gasteiger partial charge is 0.362 e. The Morgan fingerprint density at radius 2 is 2.00 bits per heavy atom. The molecule has 0 saturated carbocycles. The molecule has 1 fully saturated rings. The van der Waals surface area contributed by atoms with Crippen LogP contribution in [0.15, 0.2) is 18.2 Å². The van der Waals surface area contributed by atoms with E-state index in [1.54, 1.807) is 0 Å². The Kier molecular flexibility index (Phi) is 3.36. The van der Waals surface area contributed by atoms with Crippen LogP contribution in [-0.4, -0.2) is 24.9 Å². The first kappa shape index (κ1) is 12.6. The molecule has 1 N–H and O–H groups in total. The molecule has 0 aromatic heterocycles. The molecule has 0 aliphatic carbocycles. The first-order valence-corrected chi connectivity index (χ1v) is 6.13. The zero-order valence-corrected chi connectivity index (χ0v) is 11.0. The molecule has 18 heavy (non-hydrogen) atoms. The number of carbonyl (C=O) groups is 2. The summed E-state index contributed by atoms with van der Waals surface area (Å²) in [7, 11) is 1.90. The minimum atomic E-state index is -0.260. The van der Waals surface area contributed by atoms with Crippen LogP contribution in [0.1, 0.15) is 24.0 Å². The molecule has 0 spiro atoms. The monoisotopic (exact) mass is 246 g/mol. The van der Waals surface area contributed by atoms with Crippen molar-refractivity contribution in [2.45, 2.75) is 32.7 Å². The van der Waals surface area contributed by atoms with Crippen molar-refractivity contribution in [1.82, 2.24) is 5.32 Å². The Morgan fingerprint density at radius 1 is 1.28 bits per heavy atom. The van der Waals surface area contributed by atoms with E-state index in [1.165, 1.54) is 5.56 Å². The third-order valence-corrected chi connectivity index (χ3v) is 3.41. The lowest BCUT2D eigenvalue weighted by Gasteiger charge is -2.32. The second-order valence-electron chi connectivity index (χ2n) is 4.87. The van der Waals surface area contributed by atoms with Crippen molar-refractivity contribution in [3.8, 4) is 0 Å². The number of anilines is 1. The Hall–Kier alpha value is -1.84. The Morgan fingerprint density at radius 3 is 2.61 bits per heavy atom. The van der Waals surface area contributed by atoms with Gasteiger partial charge in [0.1, 0.15) is 6.04 Å². The number of nitrogens with zero attached hydrogens (tertiary/aromatic N) is 1. The van der Waals surface area contributed by atoms with Crippen molar-refractivity contribution in [2.75, 3.05) is 11.9 Å². The van der Waals surface area contributed by atoms with Gasteiger partial charge in [-0.15, -0.1) is 0 Å². The van der Waals surface area contributed by atoms with Gasteiger partial charge in [-0.25, -0.2) is 0 Å². The second-order valence-corrected chi connectivity index (χ2v) is 4.87. The quantitative estimate of drug-likeness (QED) is 0.805. The van der Waals surface area contributed by atoms with E-state index in [1.807, 2.05) is 37.9 Å². The van der Waals surface area contributed by atoms with Gasteiger partial charge in [0.2, 0.25) is 11.8 Å². The number of aryl methyl sites for hydroxylation is 2. The van der Waals surface area contributed by atoms with E-state index in [4.69, 9.17) is 0 Å². The maximum Gasteiger partial charge on any atom is 0.249 e. The summed E-state index contributed by atoms with van der Waals surface area (Å²) in [4.78, 5) is 24.9. The topological polar surface area (TPSA) is 49.4 Å². The zero-order valence-electron chi connectivity index (χ0n) is 11.0. The molecule has 4 nitrogen and oxygen atoms in total. The third-order valence-electron chi connectivity index (χ3n) is 3.41. The number of hydrogen-bond acceptors (Lipinski definition) is 3. The lowest BCUT2D eigenvalue weighted by atomic mass is 10.0. The number of hydrogen-bond donors (Lipinski definition) is 1. The van der Waals surface area contributed by atoms with E-state index in [-0.39, 0.29) is 17.9 Å². The van der Waals surface area contributed by atoms with Crippen molar-refractivity contribution in [2.24, 2.45) is 0 Å². The Balaban J connectivity index is 2.23. The van der Waals surface area contributed by atoms with E-state index in [0.29, 0.717) is 12.8 Å². The van der Waals surface area contributed by atoms with Gasteiger partial charge < -0.3 is 4.90 Å². The molecular weight excluding hydrogens is 228 g/mol. The molecule has 1 saturated heterocycles. The van der Waals surface area contributed by atoms with Crippen molar-refractivity contribution in [1.29, 1.82) is 0 Å². The lowest BCUT2D eigenvalue weighted by molar-refractivity contribution is -0.134. The van der Waals surface area contributed by atoms with Crippen LogP contribution in [0, 0.1) is 13.8 Å². The molecule has 1 aromatic rings. The highest BCUT2D eigenvalue weighted by molar-refractivity contribution is 6.01. The average molecular weight is 246 g/mol. The average Bonchev–Trinajstić information content (AvgIpc) is 2.28. The van der Waals surface area contributed by atoms with Crippen LogP contribution in [0.2, 0.25) is 0 Å². The summed E-state index contributed by atoms with van der Waals surface area (Å²) in [6.07, 6.45) is 0.986. The fraction of sp³-hybridized carbons (Fsp3) is 0.429. The normalized spacial score (nSPS) is 19.6.